The molecule has 0 fully saturated rings. The van der Waals surface area contributed by atoms with Crippen LogP contribution in [0.15, 0.2) is 18.2 Å². The number of nitrogens with zero attached hydrogens (tertiary/aromatic N) is 3. The van der Waals surface area contributed by atoms with Gasteiger partial charge in [0.2, 0.25) is 17.8 Å². The molecule has 0 radical (unpaired) electrons. The van der Waals surface area contributed by atoms with E-state index in [2.05, 4.69) is 20.7 Å². The number of fused-ring (bicyclic) bond motifs is 1. The lowest BCUT2D eigenvalue weighted by Gasteiger charge is -2.21. The van der Waals surface area contributed by atoms with Crippen molar-refractivity contribution in [3.8, 4) is 0 Å². The van der Waals surface area contributed by atoms with Gasteiger partial charge in [-0.05, 0) is 24.6 Å². The molecule has 2 amide bonds. The van der Waals surface area contributed by atoms with Crippen LogP contribution in [0.3, 0.4) is 0 Å². The second-order valence-electron chi connectivity index (χ2n) is 5.82. The summed E-state index contributed by atoms with van der Waals surface area (Å²) in [5.41, 5.74) is 1.42. The van der Waals surface area contributed by atoms with Gasteiger partial charge in [0.05, 0.1) is 12.5 Å². The lowest BCUT2D eigenvalue weighted by molar-refractivity contribution is -0.126. The zero-order chi connectivity index (χ0) is 18.0. The number of carbonyl (C=O) groups excluding carboxylic acids is 2. The van der Waals surface area contributed by atoms with Crippen molar-refractivity contribution in [2.24, 2.45) is 5.92 Å². The molecule has 132 valence electrons. The molecule has 0 saturated heterocycles. The van der Waals surface area contributed by atoms with Gasteiger partial charge in [-0.2, -0.15) is 10.1 Å². The van der Waals surface area contributed by atoms with Gasteiger partial charge < -0.3 is 10.1 Å². The van der Waals surface area contributed by atoms with Gasteiger partial charge in [-0.1, -0.05) is 17.7 Å². The van der Waals surface area contributed by atoms with Crippen LogP contribution in [0, 0.1) is 12.8 Å². The van der Waals surface area contributed by atoms with Gasteiger partial charge in [0.25, 0.3) is 0 Å². The van der Waals surface area contributed by atoms with E-state index in [-0.39, 0.29) is 24.8 Å². The van der Waals surface area contributed by atoms with E-state index >= 15 is 0 Å². The lowest BCUT2D eigenvalue weighted by Crippen LogP contribution is -2.36. The molecule has 1 unspecified atom stereocenters. The number of amides is 2. The number of methoxy groups -OCH3 is 1. The minimum atomic E-state index is -0.524. The molecule has 25 heavy (non-hydrogen) atoms. The molecule has 0 spiro atoms. The van der Waals surface area contributed by atoms with Crippen molar-refractivity contribution < 1.29 is 14.3 Å². The Kier molecular flexibility index (Phi) is 5.00. The molecule has 0 aliphatic carbocycles. The highest BCUT2D eigenvalue weighted by Crippen LogP contribution is 2.24. The summed E-state index contributed by atoms with van der Waals surface area (Å²) >= 11 is 6.05. The third-order valence-electron chi connectivity index (χ3n) is 3.96. The summed E-state index contributed by atoms with van der Waals surface area (Å²) in [4.78, 5) is 28.7. The molecule has 2 aromatic rings. The van der Waals surface area contributed by atoms with Crippen LogP contribution in [0.1, 0.15) is 17.8 Å². The Labute approximate surface area is 149 Å². The summed E-state index contributed by atoms with van der Waals surface area (Å²) in [6, 6.07) is 5.29. The van der Waals surface area contributed by atoms with Crippen LogP contribution in [0.5, 0.6) is 0 Å². The van der Waals surface area contributed by atoms with E-state index in [9.17, 15) is 9.59 Å². The quantitative estimate of drug-likeness (QED) is 0.846. The Morgan fingerprint density at radius 1 is 1.52 bits per heavy atom. The second-order valence-corrected chi connectivity index (χ2v) is 6.22. The molecule has 1 aromatic heterocycles. The van der Waals surface area contributed by atoms with Crippen LogP contribution in [-0.4, -0.2) is 33.7 Å². The van der Waals surface area contributed by atoms with Crippen LogP contribution in [0.25, 0.3) is 0 Å². The monoisotopic (exact) mass is 363 g/mol. The van der Waals surface area contributed by atoms with Crippen molar-refractivity contribution in [3.63, 3.8) is 0 Å². The average Bonchev–Trinajstić information content (AvgIpc) is 2.94. The number of aromatic nitrogens is 3. The summed E-state index contributed by atoms with van der Waals surface area (Å²) in [6.07, 6.45) is 0.0384. The first-order chi connectivity index (χ1) is 12.0. The minimum absolute atomic E-state index is 0.0384. The normalized spacial score (nSPS) is 16.3. The van der Waals surface area contributed by atoms with Crippen molar-refractivity contribution in [1.29, 1.82) is 0 Å². The fourth-order valence-corrected chi connectivity index (χ4v) is 2.80. The zero-order valence-corrected chi connectivity index (χ0v) is 14.6. The Morgan fingerprint density at radius 2 is 2.32 bits per heavy atom. The van der Waals surface area contributed by atoms with Crippen molar-refractivity contribution >= 4 is 35.1 Å². The van der Waals surface area contributed by atoms with Crippen molar-refractivity contribution in [1.82, 2.24) is 14.8 Å². The number of ether oxygens (including phenoxy) is 1. The van der Waals surface area contributed by atoms with E-state index in [1.165, 1.54) is 0 Å². The summed E-state index contributed by atoms with van der Waals surface area (Å²) in [5, 5.41) is 10.3. The standard InChI is InChI=1S/C16H18ClN5O3/c1-9-11(17)4-3-5-12(9)18-14(23)6-10-7-22-16(20-15(10)24)19-13(21-22)8-25-2/h3-5,10H,6-8H2,1-2H3,(H,18,23)(H,19,20,21,24). The number of halogens is 1. The van der Waals surface area contributed by atoms with Gasteiger partial charge in [0, 0.05) is 24.2 Å². The fraction of sp³-hybridized carbons (Fsp3) is 0.375. The highest BCUT2D eigenvalue weighted by atomic mass is 35.5. The van der Waals surface area contributed by atoms with Gasteiger partial charge in [-0.15, -0.1) is 0 Å². The highest BCUT2D eigenvalue weighted by molar-refractivity contribution is 6.31. The maximum atomic E-state index is 12.3. The number of hydrogen-bond acceptors (Lipinski definition) is 5. The minimum Gasteiger partial charge on any atom is -0.377 e. The lowest BCUT2D eigenvalue weighted by atomic mass is 10.0. The number of hydrogen-bond donors (Lipinski definition) is 2. The van der Waals surface area contributed by atoms with E-state index in [4.69, 9.17) is 16.3 Å². The predicted molar refractivity (Wildman–Crippen MR) is 92.3 cm³/mol. The molecule has 1 aromatic carbocycles. The highest BCUT2D eigenvalue weighted by Gasteiger charge is 2.30. The molecule has 8 nitrogen and oxygen atoms in total. The molecule has 0 saturated carbocycles. The maximum Gasteiger partial charge on any atom is 0.232 e. The molecular weight excluding hydrogens is 346 g/mol. The van der Waals surface area contributed by atoms with Crippen molar-refractivity contribution in [2.45, 2.75) is 26.5 Å². The van der Waals surface area contributed by atoms with E-state index in [0.29, 0.717) is 29.0 Å². The van der Waals surface area contributed by atoms with Crippen LogP contribution in [-0.2, 0) is 27.5 Å². The maximum absolute atomic E-state index is 12.3. The second kappa shape index (κ2) is 7.20. The Hall–Kier alpha value is -2.45. The summed E-state index contributed by atoms with van der Waals surface area (Å²) in [6.45, 7) is 2.37. The summed E-state index contributed by atoms with van der Waals surface area (Å²) in [7, 11) is 1.55. The first-order valence-corrected chi connectivity index (χ1v) is 8.14. The molecule has 1 atom stereocenters. The molecule has 2 heterocycles. The third kappa shape index (κ3) is 3.80. The number of rotatable bonds is 5. The topological polar surface area (TPSA) is 98.1 Å². The van der Waals surface area contributed by atoms with Crippen molar-refractivity contribution in [2.75, 3.05) is 17.7 Å². The van der Waals surface area contributed by atoms with Crippen molar-refractivity contribution in [3.05, 3.63) is 34.6 Å². The largest absolute Gasteiger partial charge is 0.377 e. The zero-order valence-electron chi connectivity index (χ0n) is 13.9. The third-order valence-corrected chi connectivity index (χ3v) is 4.37. The molecule has 0 bridgehead atoms. The number of nitrogens with one attached hydrogen (secondary N) is 2. The summed E-state index contributed by atoms with van der Waals surface area (Å²) < 4.78 is 6.57. The number of anilines is 2. The number of benzene rings is 1. The molecule has 1 aliphatic rings. The van der Waals surface area contributed by atoms with Crippen LogP contribution in [0.2, 0.25) is 5.02 Å². The van der Waals surface area contributed by atoms with Crippen LogP contribution >= 0.6 is 11.6 Å². The fourth-order valence-electron chi connectivity index (χ4n) is 2.63. The SMILES string of the molecule is COCc1nc2n(n1)CC(CC(=O)Nc1cccc(Cl)c1C)C(=O)N2. The van der Waals surface area contributed by atoms with Crippen LogP contribution < -0.4 is 10.6 Å². The Bertz CT molecular complexity index is 820. The number of carbonyl (C=O) groups is 2. The molecule has 3 rings (SSSR count). The van der Waals surface area contributed by atoms with E-state index in [1.54, 1.807) is 30.0 Å². The molecule has 2 N–H and O–H groups in total. The molecule has 1 aliphatic heterocycles. The molecular formula is C16H18ClN5O3. The van der Waals surface area contributed by atoms with Gasteiger partial charge in [-0.3, -0.25) is 14.9 Å². The Morgan fingerprint density at radius 3 is 3.08 bits per heavy atom. The van der Waals surface area contributed by atoms with Gasteiger partial charge >= 0.3 is 0 Å². The van der Waals surface area contributed by atoms with Gasteiger partial charge in [0.15, 0.2) is 5.82 Å². The predicted octanol–water partition coefficient (Wildman–Crippen LogP) is 1.98. The van der Waals surface area contributed by atoms with E-state index in [0.717, 1.165) is 5.56 Å². The van der Waals surface area contributed by atoms with Crippen LogP contribution in [0.4, 0.5) is 11.6 Å². The van der Waals surface area contributed by atoms with E-state index in [1.807, 2.05) is 6.92 Å². The Balaban J connectivity index is 1.67. The van der Waals surface area contributed by atoms with E-state index < -0.39 is 5.92 Å². The first-order valence-electron chi connectivity index (χ1n) is 7.76. The molecule has 9 heteroatoms. The summed E-state index contributed by atoms with van der Waals surface area (Å²) in [5.74, 6) is -0.172. The smallest absolute Gasteiger partial charge is 0.232 e. The van der Waals surface area contributed by atoms with Gasteiger partial charge in [-0.25, -0.2) is 4.68 Å². The van der Waals surface area contributed by atoms with Gasteiger partial charge in [0.1, 0.15) is 6.61 Å². The average molecular weight is 364 g/mol. The first kappa shape index (κ1) is 17.4.